The van der Waals surface area contributed by atoms with E-state index in [1.807, 2.05) is 0 Å². The quantitative estimate of drug-likeness (QED) is 0.508. The third-order valence-corrected chi connectivity index (χ3v) is 2.38. The topological polar surface area (TPSA) is 81.4 Å². The van der Waals surface area contributed by atoms with E-state index < -0.39 is 24.2 Å². The third-order valence-electron chi connectivity index (χ3n) is 2.38. The molecule has 1 aromatic rings. The lowest BCUT2D eigenvalue weighted by atomic mass is 10.1. The maximum Gasteiger partial charge on any atom is 0.428 e. The molecule has 1 atom stereocenters. The van der Waals surface area contributed by atoms with Crippen molar-refractivity contribution in [2.24, 2.45) is 0 Å². The van der Waals surface area contributed by atoms with Crippen molar-refractivity contribution in [1.29, 1.82) is 0 Å². The molecular weight excluding hydrogens is 296 g/mol. The number of nitrogens with two attached hydrogens (primary N) is 1. The van der Waals surface area contributed by atoms with E-state index in [0.29, 0.717) is 0 Å². The molecule has 0 fully saturated rings. The van der Waals surface area contributed by atoms with Crippen molar-refractivity contribution >= 4 is 23.3 Å². The van der Waals surface area contributed by atoms with Crippen LogP contribution in [0.1, 0.15) is 17.3 Å². The number of esters is 1. The van der Waals surface area contributed by atoms with Crippen molar-refractivity contribution in [1.82, 2.24) is 0 Å². The molecule has 1 amide bonds. The van der Waals surface area contributed by atoms with Crippen LogP contribution in [-0.2, 0) is 9.53 Å². The zero-order valence-electron chi connectivity index (χ0n) is 10.8. The monoisotopic (exact) mass is 308 g/mol. The fourth-order valence-corrected chi connectivity index (χ4v) is 1.41. The average molecular weight is 308 g/mol. The molecule has 0 spiro atoms. The van der Waals surface area contributed by atoms with E-state index >= 15 is 0 Å². The number of halogens is 4. The summed E-state index contributed by atoms with van der Waals surface area (Å²) in [5.41, 5.74) is 4.80. The molecule has 0 radical (unpaired) electrons. The first kappa shape index (κ1) is 16.7. The van der Waals surface area contributed by atoms with Gasteiger partial charge < -0.3 is 15.8 Å². The molecule has 0 aliphatic heterocycles. The number of ether oxygens (including phenoxy) is 1. The molecule has 0 aliphatic rings. The number of alkyl halides is 4. The van der Waals surface area contributed by atoms with E-state index in [1.165, 1.54) is 12.1 Å². The Hall–Kier alpha value is -2.32. The van der Waals surface area contributed by atoms with Gasteiger partial charge in [-0.2, -0.15) is 13.2 Å². The zero-order valence-corrected chi connectivity index (χ0v) is 10.8. The highest BCUT2D eigenvalue weighted by Crippen LogP contribution is 2.27. The van der Waals surface area contributed by atoms with Gasteiger partial charge in [-0.1, -0.05) is 6.07 Å². The maximum atomic E-state index is 12.8. The Bertz CT molecular complexity index is 546. The predicted molar refractivity (Wildman–Crippen MR) is 66.4 cm³/mol. The van der Waals surface area contributed by atoms with Gasteiger partial charge >= 0.3 is 12.1 Å². The van der Waals surface area contributed by atoms with Crippen molar-refractivity contribution in [3.63, 3.8) is 0 Å². The van der Waals surface area contributed by atoms with Gasteiger partial charge in [0.15, 0.2) is 0 Å². The molecule has 3 N–H and O–H groups in total. The van der Waals surface area contributed by atoms with Gasteiger partial charge in [-0.25, -0.2) is 9.18 Å². The van der Waals surface area contributed by atoms with Gasteiger partial charge in [0.2, 0.25) is 0 Å². The number of carbonyl (C=O) groups is 2. The fraction of sp³-hybridized carbons (Fsp3) is 0.333. The molecule has 21 heavy (non-hydrogen) atoms. The number of amides is 1. The van der Waals surface area contributed by atoms with E-state index in [1.54, 1.807) is 12.2 Å². The Labute approximate surface area is 117 Å². The van der Waals surface area contributed by atoms with Gasteiger partial charge in [0.05, 0.1) is 23.5 Å². The fourth-order valence-electron chi connectivity index (χ4n) is 1.41. The summed E-state index contributed by atoms with van der Waals surface area (Å²) in [5, 5.41) is 1.69. The Balaban J connectivity index is 2.98. The van der Waals surface area contributed by atoms with Crippen molar-refractivity contribution in [3.05, 3.63) is 23.8 Å². The average Bonchev–Trinajstić information content (AvgIpc) is 2.39. The van der Waals surface area contributed by atoms with Crippen molar-refractivity contribution < 1.29 is 31.9 Å². The molecule has 0 aliphatic carbocycles. The molecule has 0 heterocycles. The second-order valence-electron chi connectivity index (χ2n) is 3.88. The highest BCUT2D eigenvalue weighted by atomic mass is 19.4. The summed E-state index contributed by atoms with van der Waals surface area (Å²) >= 11 is 0. The van der Waals surface area contributed by atoms with Crippen LogP contribution in [0.2, 0.25) is 0 Å². The Morgan fingerprint density at radius 2 is 2.00 bits per heavy atom. The minimum Gasteiger partial charge on any atom is -0.462 e. The third kappa shape index (κ3) is 4.07. The molecule has 1 unspecified atom stereocenters. The minimum atomic E-state index is -5.32. The lowest BCUT2D eigenvalue weighted by Gasteiger charge is -2.14. The van der Waals surface area contributed by atoms with Crippen LogP contribution in [0.5, 0.6) is 0 Å². The molecular formula is C12H12F4N2O3. The summed E-state index contributed by atoms with van der Waals surface area (Å²) in [5.74, 6) is -2.73. The number of hydrogen-bond donors (Lipinski definition) is 2. The Morgan fingerprint density at radius 3 is 2.52 bits per heavy atom. The molecule has 116 valence electrons. The number of para-hydroxylation sites is 1. The van der Waals surface area contributed by atoms with Crippen LogP contribution in [0.15, 0.2) is 18.2 Å². The van der Waals surface area contributed by atoms with Crippen LogP contribution in [0.4, 0.5) is 28.9 Å². The molecule has 9 heteroatoms. The molecule has 1 rings (SSSR count). The number of nitrogen functional groups attached to an aromatic ring is 1. The van der Waals surface area contributed by atoms with Gasteiger partial charge in [0.1, 0.15) is 0 Å². The summed E-state index contributed by atoms with van der Waals surface area (Å²) in [6.07, 6.45) is -9.01. The van der Waals surface area contributed by atoms with E-state index in [9.17, 15) is 27.2 Å². The van der Waals surface area contributed by atoms with Gasteiger partial charge in [-0.15, -0.1) is 0 Å². The van der Waals surface area contributed by atoms with E-state index in [-0.39, 0.29) is 23.5 Å². The lowest BCUT2D eigenvalue weighted by molar-refractivity contribution is -0.183. The summed E-state index contributed by atoms with van der Waals surface area (Å²) < 4.78 is 53.7. The Morgan fingerprint density at radius 1 is 1.38 bits per heavy atom. The van der Waals surface area contributed by atoms with E-state index in [4.69, 9.17) is 5.73 Å². The first-order valence-corrected chi connectivity index (χ1v) is 5.75. The zero-order chi connectivity index (χ0) is 16.2. The standard InChI is InChI=1S/C12H12F4N2O3/c1-2-21-11(20)6-4-3-5-7(8(6)17)18-10(19)9(13)12(14,15)16/h3-5,9H,2,17H2,1H3,(H,18,19). The maximum absolute atomic E-state index is 12.8. The summed E-state index contributed by atoms with van der Waals surface area (Å²) in [6, 6.07) is 3.66. The van der Waals surface area contributed by atoms with E-state index in [0.717, 1.165) is 6.07 Å². The molecule has 0 bridgehead atoms. The first-order valence-electron chi connectivity index (χ1n) is 5.75. The van der Waals surface area contributed by atoms with Gasteiger partial charge in [-0.05, 0) is 19.1 Å². The van der Waals surface area contributed by atoms with Crippen LogP contribution in [0.25, 0.3) is 0 Å². The van der Waals surface area contributed by atoms with Crippen LogP contribution in [-0.4, -0.2) is 30.8 Å². The second kappa shape index (κ2) is 6.42. The largest absolute Gasteiger partial charge is 0.462 e. The SMILES string of the molecule is CCOC(=O)c1cccc(NC(=O)C(F)C(F)(F)F)c1N. The molecule has 0 saturated heterocycles. The smallest absolute Gasteiger partial charge is 0.428 e. The van der Waals surface area contributed by atoms with Crippen molar-refractivity contribution in [2.75, 3.05) is 17.7 Å². The van der Waals surface area contributed by atoms with Crippen LogP contribution in [0, 0.1) is 0 Å². The van der Waals surface area contributed by atoms with Crippen LogP contribution < -0.4 is 11.1 Å². The molecule has 5 nitrogen and oxygen atoms in total. The number of anilines is 2. The Kier molecular flexibility index (Phi) is 5.12. The van der Waals surface area contributed by atoms with E-state index in [2.05, 4.69) is 4.74 Å². The van der Waals surface area contributed by atoms with Crippen LogP contribution in [0.3, 0.4) is 0 Å². The molecule has 1 aromatic carbocycles. The highest BCUT2D eigenvalue weighted by molar-refractivity contribution is 6.03. The number of nitrogens with one attached hydrogen (secondary N) is 1. The predicted octanol–water partition coefficient (Wildman–Crippen LogP) is 2.28. The van der Waals surface area contributed by atoms with Gasteiger partial charge in [0.25, 0.3) is 12.1 Å². The number of carbonyl (C=O) groups excluding carboxylic acids is 2. The summed E-state index contributed by atoms with van der Waals surface area (Å²) in [7, 11) is 0. The lowest BCUT2D eigenvalue weighted by Crippen LogP contribution is -2.37. The normalized spacial score (nSPS) is 12.6. The summed E-state index contributed by atoms with van der Waals surface area (Å²) in [4.78, 5) is 22.7. The molecule has 0 saturated carbocycles. The minimum absolute atomic E-state index is 0.0650. The van der Waals surface area contributed by atoms with Gasteiger partial charge in [0, 0.05) is 0 Å². The van der Waals surface area contributed by atoms with Crippen LogP contribution >= 0.6 is 0 Å². The second-order valence-corrected chi connectivity index (χ2v) is 3.88. The number of benzene rings is 1. The van der Waals surface area contributed by atoms with Crippen molar-refractivity contribution in [3.8, 4) is 0 Å². The molecule has 0 aromatic heterocycles. The first-order chi connectivity index (χ1) is 9.68. The number of hydrogen-bond acceptors (Lipinski definition) is 4. The number of rotatable bonds is 4. The highest BCUT2D eigenvalue weighted by Gasteiger charge is 2.45. The van der Waals surface area contributed by atoms with Crippen molar-refractivity contribution in [2.45, 2.75) is 19.3 Å². The van der Waals surface area contributed by atoms with Gasteiger partial charge in [-0.3, -0.25) is 4.79 Å². The summed E-state index contributed by atoms with van der Waals surface area (Å²) in [6.45, 7) is 1.62.